The largest absolute Gasteiger partial charge is 0.458 e. The Morgan fingerprint density at radius 2 is 2.00 bits per heavy atom. The number of rotatable bonds is 4. The fraction of sp³-hybridized carbons (Fsp3) is 0.308. The van der Waals surface area contributed by atoms with E-state index in [1.54, 1.807) is 6.08 Å². The van der Waals surface area contributed by atoms with Crippen molar-refractivity contribution in [1.82, 2.24) is 0 Å². The monoisotopic (exact) mass is 204 g/mol. The highest BCUT2D eigenvalue weighted by Gasteiger charge is 1.99. The van der Waals surface area contributed by atoms with Crippen LogP contribution >= 0.6 is 0 Å². The number of allylic oxidation sites excluding steroid dienone is 1. The summed E-state index contributed by atoms with van der Waals surface area (Å²) in [6, 6.07) is 9.66. The molecule has 0 amide bonds. The highest BCUT2D eigenvalue weighted by Crippen LogP contribution is 2.03. The molecule has 0 unspecified atom stereocenters. The van der Waals surface area contributed by atoms with Crippen molar-refractivity contribution in [3.05, 3.63) is 47.5 Å². The average molecular weight is 204 g/mol. The smallest absolute Gasteiger partial charge is 0.331 e. The molecule has 0 saturated heterocycles. The van der Waals surface area contributed by atoms with Crippen LogP contribution in [0.15, 0.2) is 42.0 Å². The summed E-state index contributed by atoms with van der Waals surface area (Å²) < 4.78 is 5.09. The Hall–Kier alpha value is -1.57. The third kappa shape index (κ3) is 4.45. The van der Waals surface area contributed by atoms with Gasteiger partial charge in [0.25, 0.3) is 0 Å². The molecule has 0 saturated carbocycles. The Kier molecular flexibility index (Phi) is 4.61. The van der Waals surface area contributed by atoms with E-state index in [2.05, 4.69) is 0 Å². The van der Waals surface area contributed by atoms with Crippen LogP contribution < -0.4 is 0 Å². The van der Waals surface area contributed by atoms with Gasteiger partial charge in [0.1, 0.15) is 6.61 Å². The Balaban J connectivity index is 2.41. The fourth-order valence-electron chi connectivity index (χ4n) is 1.07. The van der Waals surface area contributed by atoms with Crippen molar-refractivity contribution in [2.45, 2.75) is 26.9 Å². The van der Waals surface area contributed by atoms with Gasteiger partial charge in [0, 0.05) is 6.08 Å². The molecule has 0 aliphatic carbocycles. The normalized spacial score (nSPS) is 11.2. The number of benzene rings is 1. The molecule has 0 atom stereocenters. The van der Waals surface area contributed by atoms with Crippen LogP contribution in [0.1, 0.15) is 25.8 Å². The Morgan fingerprint density at radius 3 is 2.60 bits per heavy atom. The van der Waals surface area contributed by atoms with Crippen LogP contribution in [0.3, 0.4) is 0 Å². The van der Waals surface area contributed by atoms with E-state index in [0.717, 1.165) is 17.6 Å². The molecule has 0 radical (unpaired) electrons. The maximum absolute atomic E-state index is 11.3. The topological polar surface area (TPSA) is 26.3 Å². The zero-order valence-electron chi connectivity index (χ0n) is 9.19. The van der Waals surface area contributed by atoms with Crippen LogP contribution in [0.2, 0.25) is 0 Å². The molecular formula is C13H16O2. The molecule has 2 heteroatoms. The Morgan fingerprint density at radius 1 is 1.33 bits per heavy atom. The van der Waals surface area contributed by atoms with Crippen molar-refractivity contribution in [3.63, 3.8) is 0 Å². The van der Waals surface area contributed by atoms with Gasteiger partial charge in [-0.2, -0.15) is 0 Å². The van der Waals surface area contributed by atoms with Crippen molar-refractivity contribution in [3.8, 4) is 0 Å². The molecule has 0 spiro atoms. The molecule has 0 aromatic heterocycles. The number of hydrogen-bond acceptors (Lipinski definition) is 2. The summed E-state index contributed by atoms with van der Waals surface area (Å²) in [6.07, 6.45) is 2.42. The summed E-state index contributed by atoms with van der Waals surface area (Å²) >= 11 is 0. The second-order valence-electron chi connectivity index (χ2n) is 3.44. The van der Waals surface area contributed by atoms with Crippen molar-refractivity contribution < 1.29 is 9.53 Å². The van der Waals surface area contributed by atoms with Gasteiger partial charge in [0.05, 0.1) is 0 Å². The van der Waals surface area contributed by atoms with E-state index in [9.17, 15) is 4.79 Å². The summed E-state index contributed by atoms with van der Waals surface area (Å²) in [5, 5.41) is 0. The molecule has 1 rings (SSSR count). The lowest BCUT2D eigenvalue weighted by atomic mass is 10.2. The minimum atomic E-state index is -0.266. The predicted molar refractivity (Wildman–Crippen MR) is 60.3 cm³/mol. The number of hydrogen-bond donors (Lipinski definition) is 0. The highest BCUT2D eigenvalue weighted by atomic mass is 16.5. The van der Waals surface area contributed by atoms with Gasteiger partial charge < -0.3 is 4.74 Å². The first-order valence-electron chi connectivity index (χ1n) is 5.10. The van der Waals surface area contributed by atoms with Gasteiger partial charge in [-0.05, 0) is 18.9 Å². The van der Waals surface area contributed by atoms with Crippen LogP contribution in [0, 0.1) is 0 Å². The van der Waals surface area contributed by atoms with Gasteiger partial charge >= 0.3 is 5.97 Å². The van der Waals surface area contributed by atoms with E-state index >= 15 is 0 Å². The quantitative estimate of drug-likeness (QED) is 0.556. The second-order valence-corrected chi connectivity index (χ2v) is 3.44. The second kappa shape index (κ2) is 6.02. The molecule has 0 bridgehead atoms. The molecule has 15 heavy (non-hydrogen) atoms. The van der Waals surface area contributed by atoms with E-state index in [-0.39, 0.29) is 5.97 Å². The van der Waals surface area contributed by atoms with Crippen LogP contribution in [0.5, 0.6) is 0 Å². The predicted octanol–water partition coefficient (Wildman–Crippen LogP) is 3.09. The third-order valence-corrected chi connectivity index (χ3v) is 2.15. The Bertz CT molecular complexity index is 339. The molecule has 0 aliphatic rings. The summed E-state index contributed by atoms with van der Waals surface area (Å²) in [7, 11) is 0. The lowest BCUT2D eigenvalue weighted by Gasteiger charge is -2.02. The molecule has 0 heterocycles. The van der Waals surface area contributed by atoms with Gasteiger partial charge in [0.15, 0.2) is 0 Å². The van der Waals surface area contributed by atoms with Crippen molar-refractivity contribution in [1.29, 1.82) is 0 Å². The zero-order valence-corrected chi connectivity index (χ0v) is 9.19. The molecule has 0 fully saturated rings. The first kappa shape index (κ1) is 11.5. The minimum absolute atomic E-state index is 0.266. The third-order valence-electron chi connectivity index (χ3n) is 2.15. The lowest BCUT2D eigenvalue weighted by molar-refractivity contribution is -0.139. The number of carbonyl (C=O) groups is 1. The van der Waals surface area contributed by atoms with Gasteiger partial charge in [-0.25, -0.2) is 4.79 Å². The average Bonchev–Trinajstić information content (AvgIpc) is 2.27. The van der Waals surface area contributed by atoms with Crippen molar-refractivity contribution >= 4 is 5.97 Å². The van der Waals surface area contributed by atoms with Gasteiger partial charge in [-0.1, -0.05) is 42.8 Å². The molecule has 1 aromatic carbocycles. The highest BCUT2D eigenvalue weighted by molar-refractivity contribution is 5.82. The number of esters is 1. The van der Waals surface area contributed by atoms with E-state index in [1.807, 2.05) is 44.2 Å². The lowest BCUT2D eigenvalue weighted by Crippen LogP contribution is -2.01. The summed E-state index contributed by atoms with van der Waals surface area (Å²) in [5.74, 6) is -0.266. The molecule has 2 nitrogen and oxygen atoms in total. The van der Waals surface area contributed by atoms with Gasteiger partial charge in [-0.15, -0.1) is 0 Å². The first-order valence-corrected chi connectivity index (χ1v) is 5.10. The van der Waals surface area contributed by atoms with Crippen LogP contribution in [-0.2, 0) is 16.1 Å². The number of carbonyl (C=O) groups excluding carboxylic acids is 1. The summed E-state index contributed by atoms with van der Waals surface area (Å²) in [5.41, 5.74) is 2.04. The molecule has 80 valence electrons. The van der Waals surface area contributed by atoms with Crippen molar-refractivity contribution in [2.75, 3.05) is 0 Å². The minimum Gasteiger partial charge on any atom is -0.458 e. The van der Waals surface area contributed by atoms with Crippen molar-refractivity contribution in [2.24, 2.45) is 0 Å². The van der Waals surface area contributed by atoms with Gasteiger partial charge in [0.2, 0.25) is 0 Å². The standard InChI is InChI=1S/C13H16O2/c1-3-11(2)9-13(14)15-10-12-7-5-4-6-8-12/h4-9H,3,10H2,1-2H3/b11-9-. The van der Waals surface area contributed by atoms with Crippen LogP contribution in [0.25, 0.3) is 0 Å². The van der Waals surface area contributed by atoms with E-state index in [0.29, 0.717) is 6.61 Å². The fourth-order valence-corrected chi connectivity index (χ4v) is 1.07. The van der Waals surface area contributed by atoms with E-state index in [1.165, 1.54) is 0 Å². The van der Waals surface area contributed by atoms with Crippen LogP contribution in [-0.4, -0.2) is 5.97 Å². The Labute approximate surface area is 90.6 Å². The van der Waals surface area contributed by atoms with E-state index < -0.39 is 0 Å². The van der Waals surface area contributed by atoms with Crippen LogP contribution in [0.4, 0.5) is 0 Å². The summed E-state index contributed by atoms with van der Waals surface area (Å²) in [6.45, 7) is 4.27. The maximum Gasteiger partial charge on any atom is 0.331 e. The maximum atomic E-state index is 11.3. The molecule has 0 aliphatic heterocycles. The summed E-state index contributed by atoms with van der Waals surface area (Å²) in [4.78, 5) is 11.3. The zero-order chi connectivity index (χ0) is 11.1. The van der Waals surface area contributed by atoms with Gasteiger partial charge in [-0.3, -0.25) is 0 Å². The molecule has 0 N–H and O–H groups in total. The molecule has 1 aromatic rings. The molecular weight excluding hydrogens is 188 g/mol. The first-order chi connectivity index (χ1) is 7.22. The van der Waals surface area contributed by atoms with E-state index in [4.69, 9.17) is 4.74 Å². The SMILES string of the molecule is CC/C(C)=C\C(=O)OCc1ccccc1. The number of ether oxygens (including phenoxy) is 1.